The van der Waals surface area contributed by atoms with Gasteiger partial charge < -0.3 is 9.47 Å². The van der Waals surface area contributed by atoms with E-state index in [1.54, 1.807) is 25.1 Å². The van der Waals surface area contributed by atoms with E-state index >= 15 is 0 Å². The average Bonchev–Trinajstić information content (AvgIpc) is 2.60. The fourth-order valence-electron chi connectivity index (χ4n) is 1.30. The van der Waals surface area contributed by atoms with E-state index in [2.05, 4.69) is 10.5 Å². The number of nitrogens with zero attached hydrogens (tertiary/aromatic N) is 2. The maximum atomic E-state index is 5.42. The molecule has 0 saturated heterocycles. The molecule has 6 heteroatoms. The Morgan fingerprint density at radius 3 is 2.50 bits per heavy atom. The van der Waals surface area contributed by atoms with Crippen LogP contribution in [0.15, 0.2) is 12.4 Å². The van der Waals surface area contributed by atoms with Gasteiger partial charge in [0.2, 0.25) is 0 Å². The summed E-state index contributed by atoms with van der Waals surface area (Å²) < 4.78 is 11.9. The molecule has 1 heterocycles. The molecule has 1 rings (SSSR count). The number of hydrogen-bond acceptors (Lipinski definition) is 5. The molecule has 6 nitrogen and oxygen atoms in total. The van der Waals surface area contributed by atoms with Crippen LogP contribution in [-0.4, -0.2) is 30.3 Å². The van der Waals surface area contributed by atoms with Crippen LogP contribution >= 0.6 is 0 Å². The van der Waals surface area contributed by atoms with Crippen molar-refractivity contribution in [2.75, 3.05) is 14.2 Å². The van der Waals surface area contributed by atoms with Gasteiger partial charge >= 0.3 is 0 Å². The molecule has 0 radical (unpaired) electrons. The van der Waals surface area contributed by atoms with Gasteiger partial charge in [0, 0.05) is 33.0 Å². The molecule has 0 amide bonds. The van der Waals surface area contributed by atoms with Crippen molar-refractivity contribution in [3.05, 3.63) is 18.0 Å². The Morgan fingerprint density at radius 2 is 2.14 bits per heavy atom. The summed E-state index contributed by atoms with van der Waals surface area (Å²) in [5, 5.41) is 4.05. The first-order chi connectivity index (χ1) is 6.72. The number of nitrogens with one attached hydrogen (secondary N) is 1. The second kappa shape index (κ2) is 5.06. The highest BCUT2D eigenvalue weighted by molar-refractivity contribution is 5.10. The summed E-state index contributed by atoms with van der Waals surface area (Å²) in [6.45, 7) is 0. The van der Waals surface area contributed by atoms with E-state index in [0.29, 0.717) is 0 Å². The molecule has 1 aromatic heterocycles. The van der Waals surface area contributed by atoms with Crippen LogP contribution < -0.4 is 11.3 Å². The predicted octanol–water partition coefficient (Wildman–Crippen LogP) is -0.457. The summed E-state index contributed by atoms with van der Waals surface area (Å²) in [4.78, 5) is 0. The van der Waals surface area contributed by atoms with E-state index in [4.69, 9.17) is 15.3 Å². The minimum absolute atomic E-state index is 0.223. The van der Waals surface area contributed by atoms with Gasteiger partial charge in [-0.15, -0.1) is 0 Å². The molecule has 0 saturated carbocycles. The van der Waals surface area contributed by atoms with Gasteiger partial charge in [0.15, 0.2) is 6.29 Å². The van der Waals surface area contributed by atoms with Gasteiger partial charge in [-0.05, 0) is 0 Å². The lowest BCUT2D eigenvalue weighted by Gasteiger charge is -2.22. The quantitative estimate of drug-likeness (QED) is 0.382. The third-order valence-corrected chi connectivity index (χ3v) is 2.00. The minimum atomic E-state index is -0.427. The highest BCUT2D eigenvalue weighted by Crippen LogP contribution is 2.17. The van der Waals surface area contributed by atoms with Crippen LogP contribution in [0.2, 0.25) is 0 Å². The Bertz CT molecular complexity index is 272. The predicted molar refractivity (Wildman–Crippen MR) is 51.1 cm³/mol. The zero-order valence-electron chi connectivity index (χ0n) is 8.60. The largest absolute Gasteiger partial charge is 0.354 e. The summed E-state index contributed by atoms with van der Waals surface area (Å²) in [7, 11) is 4.97. The molecule has 0 fully saturated rings. The fraction of sp³-hybridized carbons (Fsp3) is 0.625. The SMILES string of the molecule is COC(OC)C(NN)c1cnn(C)c1. The van der Waals surface area contributed by atoms with E-state index < -0.39 is 6.29 Å². The number of rotatable bonds is 5. The molecule has 80 valence electrons. The van der Waals surface area contributed by atoms with E-state index in [-0.39, 0.29) is 6.04 Å². The first-order valence-corrected chi connectivity index (χ1v) is 4.23. The number of hydrazine groups is 1. The Hall–Kier alpha value is -0.950. The lowest BCUT2D eigenvalue weighted by molar-refractivity contribution is -0.124. The van der Waals surface area contributed by atoms with E-state index in [9.17, 15) is 0 Å². The third kappa shape index (κ3) is 2.30. The molecule has 0 aliphatic carbocycles. The van der Waals surface area contributed by atoms with Crippen molar-refractivity contribution < 1.29 is 9.47 Å². The number of nitrogens with two attached hydrogens (primary N) is 1. The molecule has 0 aromatic carbocycles. The third-order valence-electron chi connectivity index (χ3n) is 2.00. The fourth-order valence-corrected chi connectivity index (χ4v) is 1.30. The van der Waals surface area contributed by atoms with Gasteiger partial charge in [0.25, 0.3) is 0 Å². The zero-order chi connectivity index (χ0) is 10.6. The molecule has 14 heavy (non-hydrogen) atoms. The second-order valence-corrected chi connectivity index (χ2v) is 2.93. The lowest BCUT2D eigenvalue weighted by atomic mass is 10.1. The zero-order valence-corrected chi connectivity index (χ0v) is 8.60. The number of methoxy groups -OCH3 is 2. The number of hydrogen-bond donors (Lipinski definition) is 2. The summed E-state index contributed by atoms with van der Waals surface area (Å²) in [6.07, 6.45) is 3.15. The molecule has 0 bridgehead atoms. The van der Waals surface area contributed by atoms with Gasteiger partial charge in [-0.25, -0.2) is 5.43 Å². The van der Waals surface area contributed by atoms with Crippen LogP contribution in [0.3, 0.4) is 0 Å². The summed E-state index contributed by atoms with van der Waals surface area (Å²) in [6, 6.07) is -0.223. The lowest BCUT2D eigenvalue weighted by Crippen LogP contribution is -2.38. The molecule has 3 N–H and O–H groups in total. The first-order valence-electron chi connectivity index (χ1n) is 4.23. The Labute approximate surface area is 83.0 Å². The Kier molecular flexibility index (Phi) is 4.02. The van der Waals surface area contributed by atoms with Gasteiger partial charge in [-0.2, -0.15) is 5.10 Å². The monoisotopic (exact) mass is 200 g/mol. The second-order valence-electron chi connectivity index (χ2n) is 2.93. The summed E-state index contributed by atoms with van der Waals surface area (Å²) in [5.41, 5.74) is 3.55. The highest BCUT2D eigenvalue weighted by atomic mass is 16.7. The molecule has 0 aliphatic rings. The molecule has 1 aromatic rings. The van der Waals surface area contributed by atoms with Crippen LogP contribution in [0.1, 0.15) is 11.6 Å². The van der Waals surface area contributed by atoms with Crippen LogP contribution in [0, 0.1) is 0 Å². The van der Waals surface area contributed by atoms with Crippen LogP contribution in [0.4, 0.5) is 0 Å². The van der Waals surface area contributed by atoms with Crippen molar-refractivity contribution in [2.45, 2.75) is 12.3 Å². The van der Waals surface area contributed by atoms with Crippen LogP contribution in [-0.2, 0) is 16.5 Å². The number of aryl methyl sites for hydroxylation is 1. The molecule has 1 unspecified atom stereocenters. The van der Waals surface area contributed by atoms with Crippen molar-refractivity contribution >= 4 is 0 Å². The molecule has 0 aliphatic heterocycles. The Morgan fingerprint density at radius 1 is 1.50 bits per heavy atom. The van der Waals surface area contributed by atoms with Crippen LogP contribution in [0.5, 0.6) is 0 Å². The molecular weight excluding hydrogens is 184 g/mol. The van der Waals surface area contributed by atoms with E-state index in [1.807, 2.05) is 13.2 Å². The number of aromatic nitrogens is 2. The van der Waals surface area contributed by atoms with Gasteiger partial charge in [0.05, 0.1) is 12.2 Å². The highest BCUT2D eigenvalue weighted by Gasteiger charge is 2.22. The smallest absolute Gasteiger partial charge is 0.177 e. The van der Waals surface area contributed by atoms with E-state index in [0.717, 1.165) is 5.56 Å². The normalized spacial score (nSPS) is 13.5. The topological polar surface area (TPSA) is 74.3 Å². The molecule has 0 spiro atoms. The first kappa shape index (κ1) is 11.1. The average molecular weight is 200 g/mol. The van der Waals surface area contributed by atoms with Crippen molar-refractivity contribution in [3.8, 4) is 0 Å². The standard InChI is InChI=1S/C8H16N4O2/c1-12-5-6(4-10-12)7(11-9)8(13-2)14-3/h4-5,7-8,11H,9H2,1-3H3. The summed E-state index contributed by atoms with van der Waals surface area (Å²) in [5.74, 6) is 5.42. The van der Waals surface area contributed by atoms with Gasteiger partial charge in [-0.1, -0.05) is 0 Å². The van der Waals surface area contributed by atoms with Crippen molar-refractivity contribution in [2.24, 2.45) is 12.9 Å². The molecule has 1 atom stereocenters. The van der Waals surface area contributed by atoms with Crippen molar-refractivity contribution in [1.82, 2.24) is 15.2 Å². The summed E-state index contributed by atoms with van der Waals surface area (Å²) >= 11 is 0. The van der Waals surface area contributed by atoms with Gasteiger partial charge in [-0.3, -0.25) is 10.5 Å². The minimum Gasteiger partial charge on any atom is -0.354 e. The van der Waals surface area contributed by atoms with Gasteiger partial charge in [0.1, 0.15) is 0 Å². The Balaban J connectivity index is 2.80. The molecular formula is C8H16N4O2. The maximum Gasteiger partial charge on any atom is 0.177 e. The van der Waals surface area contributed by atoms with Crippen LogP contribution in [0.25, 0.3) is 0 Å². The maximum absolute atomic E-state index is 5.42. The van der Waals surface area contributed by atoms with Crippen molar-refractivity contribution in [3.63, 3.8) is 0 Å². The number of ether oxygens (including phenoxy) is 2. The van der Waals surface area contributed by atoms with Crippen molar-refractivity contribution in [1.29, 1.82) is 0 Å². The van der Waals surface area contributed by atoms with E-state index in [1.165, 1.54) is 0 Å².